The summed E-state index contributed by atoms with van der Waals surface area (Å²) >= 11 is 0. The van der Waals surface area contributed by atoms with E-state index in [2.05, 4.69) is 20.4 Å². The summed E-state index contributed by atoms with van der Waals surface area (Å²) in [6.07, 6.45) is 2.39. The Morgan fingerprint density at radius 3 is 2.35 bits per heavy atom. The number of nitrogens with zero attached hydrogens (tertiary/aromatic N) is 5. The Hall–Kier alpha value is -3.94. The number of nitrogens with one attached hydrogen (secondary N) is 1. The number of rotatable bonds is 9. The van der Waals surface area contributed by atoms with Gasteiger partial charge >= 0.3 is 6.03 Å². The molecule has 3 amide bonds. The molecule has 0 aliphatic carbocycles. The van der Waals surface area contributed by atoms with Gasteiger partial charge in [0.15, 0.2) is 5.82 Å². The largest absolute Gasteiger partial charge is 0.353 e. The zero-order valence-electron chi connectivity index (χ0n) is 21.6. The first-order valence-corrected chi connectivity index (χ1v) is 13.1. The summed E-state index contributed by atoms with van der Waals surface area (Å²) in [5.41, 5.74) is 3.02. The Morgan fingerprint density at radius 2 is 1.65 bits per heavy atom. The minimum absolute atomic E-state index is 0.0212. The molecule has 1 saturated heterocycles. The van der Waals surface area contributed by atoms with Gasteiger partial charge in [-0.3, -0.25) is 4.79 Å². The lowest BCUT2D eigenvalue weighted by Crippen LogP contribution is -2.48. The van der Waals surface area contributed by atoms with Gasteiger partial charge in [0.2, 0.25) is 5.91 Å². The van der Waals surface area contributed by atoms with Crippen LogP contribution in [0.15, 0.2) is 72.8 Å². The van der Waals surface area contributed by atoms with Crippen molar-refractivity contribution in [2.24, 2.45) is 0 Å². The van der Waals surface area contributed by atoms with Gasteiger partial charge in [-0.2, -0.15) is 0 Å². The molecule has 4 rings (SSSR count). The molecule has 0 spiro atoms. The molecule has 1 aliphatic rings. The average Bonchev–Trinajstić information content (AvgIpc) is 3.21. The maximum atomic E-state index is 13.3. The number of urea groups is 1. The lowest BCUT2D eigenvalue weighted by Gasteiger charge is -2.27. The zero-order chi connectivity index (χ0) is 25.9. The third-order valence-electron chi connectivity index (χ3n) is 6.55. The molecule has 0 radical (unpaired) electrons. The molecule has 0 atom stereocenters. The van der Waals surface area contributed by atoms with Gasteiger partial charge in [-0.1, -0.05) is 67.6 Å². The molecule has 0 unspecified atom stereocenters. The molecule has 0 bridgehead atoms. The van der Waals surface area contributed by atoms with Crippen molar-refractivity contribution < 1.29 is 9.59 Å². The van der Waals surface area contributed by atoms with Crippen molar-refractivity contribution in [3.63, 3.8) is 0 Å². The van der Waals surface area contributed by atoms with Crippen LogP contribution in [0.5, 0.6) is 0 Å². The van der Waals surface area contributed by atoms with E-state index in [-0.39, 0.29) is 18.5 Å². The van der Waals surface area contributed by atoms with Crippen LogP contribution in [0.2, 0.25) is 0 Å². The van der Waals surface area contributed by atoms with Crippen molar-refractivity contribution in [2.75, 3.05) is 50.7 Å². The summed E-state index contributed by atoms with van der Waals surface area (Å²) in [5.74, 6) is 0.796. The van der Waals surface area contributed by atoms with E-state index >= 15 is 0 Å². The molecule has 8 heteroatoms. The van der Waals surface area contributed by atoms with Crippen molar-refractivity contribution in [3.8, 4) is 11.3 Å². The van der Waals surface area contributed by atoms with Crippen LogP contribution in [0.1, 0.15) is 25.3 Å². The first-order chi connectivity index (χ1) is 18.1. The monoisotopic (exact) mass is 500 g/mol. The number of aromatic nitrogens is 2. The number of carbonyl (C=O) groups is 2. The highest BCUT2D eigenvalue weighted by Gasteiger charge is 2.24. The van der Waals surface area contributed by atoms with Crippen LogP contribution < -0.4 is 10.2 Å². The zero-order valence-corrected chi connectivity index (χ0v) is 21.6. The summed E-state index contributed by atoms with van der Waals surface area (Å²) in [5, 5.41) is 11.8. The smallest absolute Gasteiger partial charge is 0.317 e. The Kier molecular flexibility index (Phi) is 9.46. The average molecular weight is 501 g/mol. The predicted octanol–water partition coefficient (Wildman–Crippen LogP) is 3.85. The van der Waals surface area contributed by atoms with Gasteiger partial charge in [0.25, 0.3) is 0 Å². The third-order valence-corrected chi connectivity index (χ3v) is 6.55. The Morgan fingerprint density at radius 1 is 0.892 bits per heavy atom. The second kappa shape index (κ2) is 13.4. The number of hydrogen-bond acceptors (Lipinski definition) is 5. The van der Waals surface area contributed by atoms with E-state index in [0.29, 0.717) is 39.1 Å². The number of benzene rings is 2. The molecular weight excluding hydrogens is 464 g/mol. The van der Waals surface area contributed by atoms with Crippen molar-refractivity contribution in [1.82, 2.24) is 25.3 Å². The normalized spacial score (nSPS) is 13.6. The SMILES string of the molecule is CCCNC(=O)N(CCc1ccccc1)CC(=O)N1CCCN(c2ccc(-c3ccccc3)nn2)CC1. The lowest BCUT2D eigenvalue weighted by atomic mass is 10.1. The number of hydrogen-bond donors (Lipinski definition) is 1. The number of anilines is 1. The fraction of sp³-hybridized carbons (Fsp3) is 0.379. The van der Waals surface area contributed by atoms with E-state index in [1.165, 1.54) is 0 Å². The van der Waals surface area contributed by atoms with Crippen molar-refractivity contribution >= 4 is 17.8 Å². The lowest BCUT2D eigenvalue weighted by molar-refractivity contribution is -0.131. The van der Waals surface area contributed by atoms with E-state index in [9.17, 15) is 9.59 Å². The van der Waals surface area contributed by atoms with Crippen molar-refractivity contribution in [1.29, 1.82) is 0 Å². The summed E-state index contributed by atoms with van der Waals surface area (Å²) in [6.45, 7) is 5.91. The molecule has 8 nitrogen and oxygen atoms in total. The fourth-order valence-corrected chi connectivity index (χ4v) is 4.42. The van der Waals surface area contributed by atoms with E-state index in [4.69, 9.17) is 0 Å². The van der Waals surface area contributed by atoms with Gasteiger partial charge in [0, 0.05) is 44.8 Å². The summed E-state index contributed by atoms with van der Waals surface area (Å²) in [6, 6.07) is 23.8. The molecule has 2 heterocycles. The van der Waals surface area contributed by atoms with E-state index < -0.39 is 0 Å². The van der Waals surface area contributed by atoms with E-state index in [1.807, 2.05) is 84.6 Å². The summed E-state index contributed by atoms with van der Waals surface area (Å²) in [7, 11) is 0. The van der Waals surface area contributed by atoms with Crippen LogP contribution in [0, 0.1) is 0 Å². The minimum Gasteiger partial charge on any atom is -0.353 e. The second-order valence-corrected chi connectivity index (χ2v) is 9.25. The molecule has 1 aliphatic heterocycles. The number of carbonyl (C=O) groups excluding carboxylic acids is 2. The van der Waals surface area contributed by atoms with Crippen molar-refractivity contribution in [2.45, 2.75) is 26.2 Å². The highest BCUT2D eigenvalue weighted by atomic mass is 16.2. The molecule has 1 N–H and O–H groups in total. The van der Waals surface area contributed by atoms with Gasteiger partial charge in [-0.15, -0.1) is 10.2 Å². The first kappa shape index (κ1) is 26.1. The molecular formula is C29H36N6O2. The molecule has 194 valence electrons. The quantitative estimate of drug-likeness (QED) is 0.483. The second-order valence-electron chi connectivity index (χ2n) is 9.25. The van der Waals surface area contributed by atoms with E-state index in [0.717, 1.165) is 42.0 Å². The number of amides is 3. The highest BCUT2D eigenvalue weighted by Crippen LogP contribution is 2.19. The molecule has 1 fully saturated rings. The van der Waals surface area contributed by atoms with Gasteiger partial charge in [0.05, 0.1) is 5.69 Å². The third kappa shape index (κ3) is 7.52. The van der Waals surface area contributed by atoms with Crippen LogP contribution in [0.4, 0.5) is 10.6 Å². The van der Waals surface area contributed by atoms with Gasteiger partial charge in [0.1, 0.15) is 6.54 Å². The minimum atomic E-state index is -0.184. The highest BCUT2D eigenvalue weighted by molar-refractivity contribution is 5.84. The van der Waals surface area contributed by atoms with Crippen molar-refractivity contribution in [3.05, 3.63) is 78.4 Å². The van der Waals surface area contributed by atoms with Crippen LogP contribution >= 0.6 is 0 Å². The van der Waals surface area contributed by atoms with Crippen LogP contribution in [0.3, 0.4) is 0 Å². The molecule has 37 heavy (non-hydrogen) atoms. The summed E-state index contributed by atoms with van der Waals surface area (Å²) in [4.78, 5) is 31.7. The Balaban J connectivity index is 1.34. The topological polar surface area (TPSA) is 81.7 Å². The van der Waals surface area contributed by atoms with Crippen LogP contribution in [-0.4, -0.2) is 77.7 Å². The van der Waals surface area contributed by atoms with Gasteiger partial charge < -0.3 is 20.0 Å². The Labute approximate surface area is 219 Å². The molecule has 2 aromatic carbocycles. The Bertz CT molecular complexity index is 1120. The summed E-state index contributed by atoms with van der Waals surface area (Å²) < 4.78 is 0. The van der Waals surface area contributed by atoms with Gasteiger partial charge in [-0.05, 0) is 37.0 Å². The standard InChI is InChI=1S/C29H36N6O2/c1-2-17-30-29(37)35(20-16-24-10-5-3-6-11-24)23-28(36)34-19-9-18-33(21-22-34)27-15-14-26(31-32-27)25-12-7-4-8-13-25/h3-8,10-15H,2,9,16-23H2,1H3,(H,30,37). The van der Waals surface area contributed by atoms with Gasteiger partial charge in [-0.25, -0.2) is 4.79 Å². The fourth-order valence-electron chi connectivity index (χ4n) is 4.42. The molecule has 3 aromatic rings. The predicted molar refractivity (Wildman–Crippen MR) is 146 cm³/mol. The van der Waals surface area contributed by atoms with E-state index in [1.54, 1.807) is 4.90 Å². The maximum absolute atomic E-state index is 13.3. The van der Waals surface area contributed by atoms with Crippen LogP contribution in [-0.2, 0) is 11.2 Å². The first-order valence-electron chi connectivity index (χ1n) is 13.1. The maximum Gasteiger partial charge on any atom is 0.317 e. The molecule has 0 saturated carbocycles. The molecule has 1 aromatic heterocycles. The van der Waals surface area contributed by atoms with Crippen LogP contribution in [0.25, 0.3) is 11.3 Å².